The van der Waals surface area contributed by atoms with E-state index in [0.29, 0.717) is 0 Å². The molecule has 2 aromatic carbocycles. The van der Waals surface area contributed by atoms with Gasteiger partial charge in [0.1, 0.15) is 0 Å². The lowest BCUT2D eigenvalue weighted by molar-refractivity contribution is 0.278. The molecule has 2 aromatic rings. The standard InChI is InChI=1S/C12H10.BH3O3.H3N/c1-3-7-11(8-4-1)12-9-5-2-6-10-12;2-1(3)4;/h1-10H;2-4H;1H3. The Balaban J connectivity index is 0.000000453. The lowest BCUT2D eigenvalue weighted by Crippen LogP contribution is -2.07. The van der Waals surface area contributed by atoms with Gasteiger partial charge in [-0.25, -0.2) is 0 Å². The molecule has 2 rings (SSSR count). The summed E-state index contributed by atoms with van der Waals surface area (Å²) >= 11 is 0. The minimum Gasteiger partial charge on any atom is -0.402 e. The highest BCUT2D eigenvalue weighted by molar-refractivity contribution is 6.30. The lowest BCUT2D eigenvalue weighted by Gasteiger charge is -1.98. The molecule has 0 bridgehead atoms. The Morgan fingerprint density at radius 3 is 1.06 bits per heavy atom. The Bertz CT molecular complexity index is 355. The van der Waals surface area contributed by atoms with E-state index >= 15 is 0 Å². The van der Waals surface area contributed by atoms with Crippen molar-refractivity contribution in [2.24, 2.45) is 0 Å². The molecular formula is C12H16BNO3. The highest BCUT2D eigenvalue weighted by atomic mass is 16.5. The predicted octanol–water partition coefficient (Wildman–Crippen LogP) is 1.46. The molecule has 0 unspecified atom stereocenters. The largest absolute Gasteiger partial charge is 0.631 e. The van der Waals surface area contributed by atoms with E-state index in [1.807, 2.05) is 12.1 Å². The smallest absolute Gasteiger partial charge is 0.402 e. The van der Waals surface area contributed by atoms with Crippen molar-refractivity contribution in [3.63, 3.8) is 0 Å². The highest BCUT2D eigenvalue weighted by Gasteiger charge is 1.93. The molecule has 0 aromatic heterocycles. The lowest BCUT2D eigenvalue weighted by atomic mass is 10.1. The van der Waals surface area contributed by atoms with Gasteiger partial charge in [-0.2, -0.15) is 0 Å². The molecule has 0 atom stereocenters. The molecule has 0 aliphatic carbocycles. The zero-order valence-electron chi connectivity index (χ0n) is 9.40. The molecule has 0 saturated carbocycles. The Hall–Kier alpha value is -1.66. The van der Waals surface area contributed by atoms with Crippen molar-refractivity contribution in [2.75, 3.05) is 0 Å². The molecule has 0 aliphatic heterocycles. The summed E-state index contributed by atoms with van der Waals surface area (Å²) in [5.74, 6) is 0. The van der Waals surface area contributed by atoms with Crippen LogP contribution in [0, 0.1) is 0 Å². The number of hydrogen-bond acceptors (Lipinski definition) is 4. The first-order valence-electron chi connectivity index (χ1n) is 4.85. The van der Waals surface area contributed by atoms with Crippen molar-refractivity contribution in [1.29, 1.82) is 0 Å². The summed E-state index contributed by atoms with van der Waals surface area (Å²) in [6.45, 7) is 0. The summed E-state index contributed by atoms with van der Waals surface area (Å²) in [7, 11) is -2.17. The Labute approximate surface area is 101 Å². The first-order chi connectivity index (χ1) is 7.70. The minimum absolute atomic E-state index is 0. The van der Waals surface area contributed by atoms with E-state index in [9.17, 15) is 0 Å². The van der Waals surface area contributed by atoms with Crippen LogP contribution in [0.25, 0.3) is 11.1 Å². The fraction of sp³-hybridized carbons (Fsp3) is 0. The van der Waals surface area contributed by atoms with Gasteiger partial charge in [0.2, 0.25) is 0 Å². The molecule has 0 radical (unpaired) electrons. The summed E-state index contributed by atoms with van der Waals surface area (Å²) in [6.07, 6.45) is 0. The zero-order valence-corrected chi connectivity index (χ0v) is 9.40. The van der Waals surface area contributed by atoms with Crippen LogP contribution in [0.3, 0.4) is 0 Å². The quantitative estimate of drug-likeness (QED) is 0.560. The first kappa shape index (κ1) is 15.3. The van der Waals surface area contributed by atoms with E-state index in [2.05, 4.69) is 48.5 Å². The van der Waals surface area contributed by atoms with Gasteiger partial charge in [-0.15, -0.1) is 0 Å². The van der Waals surface area contributed by atoms with Gasteiger partial charge in [0, 0.05) is 0 Å². The van der Waals surface area contributed by atoms with Crippen molar-refractivity contribution in [3.8, 4) is 11.1 Å². The van der Waals surface area contributed by atoms with Gasteiger partial charge < -0.3 is 21.2 Å². The summed E-state index contributed by atoms with van der Waals surface area (Å²) < 4.78 is 0. The third kappa shape index (κ3) is 6.50. The fourth-order valence-electron chi connectivity index (χ4n) is 1.26. The van der Waals surface area contributed by atoms with Crippen LogP contribution in [0.4, 0.5) is 0 Å². The van der Waals surface area contributed by atoms with Crippen LogP contribution in [0.15, 0.2) is 60.7 Å². The Morgan fingerprint density at radius 2 is 0.824 bits per heavy atom. The summed E-state index contributed by atoms with van der Waals surface area (Å²) in [6, 6.07) is 20.8. The normalized spacial score (nSPS) is 8.41. The van der Waals surface area contributed by atoms with Gasteiger partial charge in [-0.3, -0.25) is 0 Å². The monoisotopic (exact) mass is 233 g/mol. The number of benzene rings is 2. The molecule has 90 valence electrons. The molecule has 0 spiro atoms. The average molecular weight is 233 g/mol. The summed E-state index contributed by atoms with van der Waals surface area (Å²) in [5.41, 5.74) is 2.55. The maximum absolute atomic E-state index is 7.17. The van der Waals surface area contributed by atoms with Gasteiger partial charge in [0.15, 0.2) is 0 Å². The van der Waals surface area contributed by atoms with Crippen LogP contribution in [-0.4, -0.2) is 22.4 Å². The van der Waals surface area contributed by atoms with Crippen LogP contribution in [0.5, 0.6) is 0 Å². The third-order valence-corrected chi connectivity index (χ3v) is 1.88. The molecule has 0 aliphatic rings. The van der Waals surface area contributed by atoms with Crippen molar-refractivity contribution >= 4 is 7.32 Å². The maximum atomic E-state index is 7.17. The summed E-state index contributed by atoms with van der Waals surface area (Å²) in [4.78, 5) is 0. The Morgan fingerprint density at radius 1 is 0.588 bits per heavy atom. The topological polar surface area (TPSA) is 95.7 Å². The van der Waals surface area contributed by atoms with Crippen LogP contribution in [0.1, 0.15) is 0 Å². The predicted molar refractivity (Wildman–Crippen MR) is 69.3 cm³/mol. The molecule has 0 fully saturated rings. The van der Waals surface area contributed by atoms with Gasteiger partial charge in [0.05, 0.1) is 0 Å². The van der Waals surface area contributed by atoms with Crippen LogP contribution in [-0.2, 0) is 0 Å². The summed E-state index contributed by atoms with van der Waals surface area (Å²) in [5, 5.41) is 21.5. The molecular weight excluding hydrogens is 217 g/mol. The maximum Gasteiger partial charge on any atom is 0.631 e. The second-order valence-corrected chi connectivity index (χ2v) is 3.08. The highest BCUT2D eigenvalue weighted by Crippen LogP contribution is 2.17. The van der Waals surface area contributed by atoms with Gasteiger partial charge in [0.25, 0.3) is 0 Å². The molecule has 0 heterocycles. The number of rotatable bonds is 1. The van der Waals surface area contributed by atoms with E-state index in [1.165, 1.54) is 11.1 Å². The van der Waals surface area contributed by atoms with Crippen molar-refractivity contribution in [1.82, 2.24) is 6.15 Å². The molecule has 17 heavy (non-hydrogen) atoms. The first-order valence-corrected chi connectivity index (χ1v) is 4.85. The van der Waals surface area contributed by atoms with Crippen LogP contribution >= 0.6 is 0 Å². The molecule has 6 N–H and O–H groups in total. The van der Waals surface area contributed by atoms with E-state index in [4.69, 9.17) is 15.1 Å². The van der Waals surface area contributed by atoms with Gasteiger partial charge >= 0.3 is 7.32 Å². The molecule has 0 saturated heterocycles. The molecule has 4 nitrogen and oxygen atoms in total. The van der Waals surface area contributed by atoms with Crippen LogP contribution in [0.2, 0.25) is 0 Å². The van der Waals surface area contributed by atoms with Crippen molar-refractivity contribution in [3.05, 3.63) is 60.7 Å². The van der Waals surface area contributed by atoms with Gasteiger partial charge in [-0.1, -0.05) is 60.7 Å². The van der Waals surface area contributed by atoms with E-state index in [-0.39, 0.29) is 6.15 Å². The van der Waals surface area contributed by atoms with E-state index in [1.54, 1.807) is 0 Å². The second-order valence-electron chi connectivity index (χ2n) is 3.08. The zero-order chi connectivity index (χ0) is 11.8. The van der Waals surface area contributed by atoms with Gasteiger partial charge in [-0.05, 0) is 11.1 Å². The minimum atomic E-state index is -2.17. The fourth-order valence-corrected chi connectivity index (χ4v) is 1.26. The molecule has 5 heteroatoms. The van der Waals surface area contributed by atoms with E-state index < -0.39 is 7.32 Å². The third-order valence-electron chi connectivity index (χ3n) is 1.88. The SMILES string of the molecule is N.OB(O)O.c1ccc(-c2ccccc2)cc1. The number of hydrogen-bond donors (Lipinski definition) is 4. The molecule has 0 amide bonds. The van der Waals surface area contributed by atoms with Crippen LogP contribution < -0.4 is 6.15 Å². The van der Waals surface area contributed by atoms with Crippen molar-refractivity contribution < 1.29 is 15.1 Å². The second kappa shape index (κ2) is 8.49. The average Bonchev–Trinajstić information content (AvgIpc) is 2.31. The van der Waals surface area contributed by atoms with Crippen molar-refractivity contribution in [2.45, 2.75) is 0 Å². The Kier molecular flexibility index (Phi) is 7.66. The van der Waals surface area contributed by atoms with E-state index in [0.717, 1.165) is 0 Å².